The van der Waals surface area contributed by atoms with Gasteiger partial charge in [-0.3, -0.25) is 0 Å². The lowest BCUT2D eigenvalue weighted by molar-refractivity contribution is 0.864. The van der Waals surface area contributed by atoms with E-state index in [2.05, 4.69) is 44.2 Å². The van der Waals surface area contributed by atoms with E-state index in [9.17, 15) is 0 Å². The summed E-state index contributed by atoms with van der Waals surface area (Å²) in [6.45, 7) is 4.48. The standard InChI is InChI=1S/C16H17N/c1-10(2)11-3-5-15-12(7-11)8-13-9-14(17)4-6-16(13)15/h3-7,9-10H,8,17H2,1-2H3. The third-order valence-electron chi connectivity index (χ3n) is 3.60. The fraction of sp³-hybridized carbons (Fsp3) is 0.250. The van der Waals surface area contributed by atoms with Gasteiger partial charge in [-0.2, -0.15) is 0 Å². The van der Waals surface area contributed by atoms with Gasteiger partial charge in [0.05, 0.1) is 0 Å². The van der Waals surface area contributed by atoms with Crippen molar-refractivity contribution in [2.45, 2.75) is 26.2 Å². The first-order chi connectivity index (χ1) is 8.15. The normalized spacial score (nSPS) is 12.6. The lowest BCUT2D eigenvalue weighted by Crippen LogP contribution is -1.89. The molecule has 1 aliphatic carbocycles. The molecule has 0 saturated heterocycles. The van der Waals surface area contributed by atoms with E-state index >= 15 is 0 Å². The minimum atomic E-state index is 0.592. The molecule has 2 aromatic rings. The summed E-state index contributed by atoms with van der Waals surface area (Å²) in [5.41, 5.74) is 13.7. The topological polar surface area (TPSA) is 26.0 Å². The number of rotatable bonds is 1. The van der Waals surface area contributed by atoms with Crippen LogP contribution < -0.4 is 5.73 Å². The molecule has 1 heteroatoms. The van der Waals surface area contributed by atoms with E-state index in [0.717, 1.165) is 12.1 Å². The zero-order valence-corrected chi connectivity index (χ0v) is 10.3. The first-order valence-electron chi connectivity index (χ1n) is 6.17. The maximum atomic E-state index is 5.84. The van der Waals surface area contributed by atoms with Crippen molar-refractivity contribution >= 4 is 5.69 Å². The number of nitrogens with two attached hydrogens (primary N) is 1. The number of benzene rings is 2. The van der Waals surface area contributed by atoms with Crippen molar-refractivity contribution in [3.05, 3.63) is 53.1 Å². The van der Waals surface area contributed by atoms with E-state index in [1.807, 2.05) is 6.07 Å². The van der Waals surface area contributed by atoms with Gasteiger partial charge in [0.15, 0.2) is 0 Å². The Kier molecular flexibility index (Phi) is 2.22. The van der Waals surface area contributed by atoms with Gasteiger partial charge in [-0.1, -0.05) is 38.1 Å². The van der Waals surface area contributed by atoms with Gasteiger partial charge in [0.1, 0.15) is 0 Å². The molecule has 1 aliphatic rings. The predicted molar refractivity (Wildman–Crippen MR) is 73.2 cm³/mol. The molecule has 0 fully saturated rings. The lowest BCUT2D eigenvalue weighted by atomic mass is 9.97. The molecule has 0 bridgehead atoms. The van der Waals surface area contributed by atoms with Crippen LogP contribution in [0.3, 0.4) is 0 Å². The highest BCUT2D eigenvalue weighted by molar-refractivity contribution is 5.78. The van der Waals surface area contributed by atoms with Crippen LogP contribution in [0.15, 0.2) is 36.4 Å². The fourth-order valence-electron chi connectivity index (χ4n) is 2.61. The molecule has 2 aromatic carbocycles. The molecular formula is C16H17N. The molecule has 0 aromatic heterocycles. The minimum absolute atomic E-state index is 0.592. The SMILES string of the molecule is CC(C)c1ccc2c(c1)Cc1cc(N)ccc1-2. The summed E-state index contributed by atoms with van der Waals surface area (Å²) in [7, 11) is 0. The van der Waals surface area contributed by atoms with Gasteiger partial charge < -0.3 is 5.73 Å². The van der Waals surface area contributed by atoms with Crippen LogP contribution in [0.4, 0.5) is 5.69 Å². The molecule has 3 rings (SSSR count). The number of fused-ring (bicyclic) bond motifs is 3. The summed E-state index contributed by atoms with van der Waals surface area (Å²) < 4.78 is 0. The number of hydrogen-bond donors (Lipinski definition) is 1. The lowest BCUT2D eigenvalue weighted by Gasteiger charge is -2.08. The Bertz CT molecular complexity index is 582. The highest BCUT2D eigenvalue weighted by Gasteiger charge is 2.18. The Labute approximate surface area is 102 Å². The van der Waals surface area contributed by atoms with Crippen LogP contribution in [0, 0.1) is 0 Å². The van der Waals surface area contributed by atoms with Crippen LogP contribution in [0.5, 0.6) is 0 Å². The molecule has 0 unspecified atom stereocenters. The summed E-state index contributed by atoms with van der Waals surface area (Å²) in [4.78, 5) is 0. The van der Waals surface area contributed by atoms with E-state index in [1.54, 1.807) is 0 Å². The molecule has 2 N–H and O–H groups in total. The first-order valence-corrected chi connectivity index (χ1v) is 6.17. The quantitative estimate of drug-likeness (QED) is 0.621. The van der Waals surface area contributed by atoms with Gasteiger partial charge in [0.2, 0.25) is 0 Å². The summed E-state index contributed by atoms with van der Waals surface area (Å²) in [5, 5.41) is 0. The molecule has 0 aliphatic heterocycles. The van der Waals surface area contributed by atoms with Crippen LogP contribution in [0.2, 0.25) is 0 Å². The zero-order chi connectivity index (χ0) is 12.0. The first kappa shape index (κ1) is 10.4. The van der Waals surface area contributed by atoms with Gasteiger partial charge in [0, 0.05) is 5.69 Å². The highest BCUT2D eigenvalue weighted by atomic mass is 14.5. The average Bonchev–Trinajstić information content (AvgIpc) is 2.64. The Morgan fingerprint density at radius 3 is 2.29 bits per heavy atom. The van der Waals surface area contributed by atoms with Crippen LogP contribution in [0.1, 0.15) is 36.5 Å². The van der Waals surface area contributed by atoms with Crippen molar-refractivity contribution in [1.82, 2.24) is 0 Å². The molecule has 17 heavy (non-hydrogen) atoms. The van der Waals surface area contributed by atoms with Crippen molar-refractivity contribution < 1.29 is 0 Å². The second-order valence-electron chi connectivity index (χ2n) is 5.16. The van der Waals surface area contributed by atoms with Crippen LogP contribution in [-0.4, -0.2) is 0 Å². The van der Waals surface area contributed by atoms with E-state index in [0.29, 0.717) is 5.92 Å². The number of nitrogen functional groups attached to an aromatic ring is 1. The van der Waals surface area contributed by atoms with Gasteiger partial charge in [-0.25, -0.2) is 0 Å². The number of hydrogen-bond acceptors (Lipinski definition) is 1. The van der Waals surface area contributed by atoms with E-state index < -0.39 is 0 Å². The van der Waals surface area contributed by atoms with Gasteiger partial charge >= 0.3 is 0 Å². The van der Waals surface area contributed by atoms with E-state index in [4.69, 9.17) is 5.73 Å². The van der Waals surface area contributed by atoms with Crippen LogP contribution >= 0.6 is 0 Å². The summed E-state index contributed by atoms with van der Waals surface area (Å²) >= 11 is 0. The van der Waals surface area contributed by atoms with Gasteiger partial charge in [-0.15, -0.1) is 0 Å². The van der Waals surface area contributed by atoms with Crippen LogP contribution in [-0.2, 0) is 6.42 Å². The molecule has 0 spiro atoms. The third kappa shape index (κ3) is 1.62. The molecule has 1 nitrogen and oxygen atoms in total. The van der Waals surface area contributed by atoms with Crippen molar-refractivity contribution in [2.24, 2.45) is 0 Å². The van der Waals surface area contributed by atoms with Crippen molar-refractivity contribution in [3.63, 3.8) is 0 Å². The van der Waals surface area contributed by atoms with Crippen molar-refractivity contribution in [3.8, 4) is 11.1 Å². The monoisotopic (exact) mass is 223 g/mol. The smallest absolute Gasteiger partial charge is 0.0317 e. The number of anilines is 1. The molecule has 0 heterocycles. The second kappa shape index (κ2) is 3.63. The summed E-state index contributed by atoms with van der Waals surface area (Å²) in [5.74, 6) is 0.592. The van der Waals surface area contributed by atoms with Crippen molar-refractivity contribution in [1.29, 1.82) is 0 Å². The molecule has 0 saturated carbocycles. The Morgan fingerprint density at radius 1 is 0.941 bits per heavy atom. The van der Waals surface area contributed by atoms with Gasteiger partial charge in [-0.05, 0) is 52.3 Å². The Morgan fingerprint density at radius 2 is 1.59 bits per heavy atom. The van der Waals surface area contributed by atoms with Crippen LogP contribution in [0.25, 0.3) is 11.1 Å². The summed E-state index contributed by atoms with van der Waals surface area (Å²) in [6.07, 6.45) is 1.02. The zero-order valence-electron chi connectivity index (χ0n) is 10.3. The minimum Gasteiger partial charge on any atom is -0.399 e. The molecule has 0 radical (unpaired) electrons. The predicted octanol–water partition coefficient (Wildman–Crippen LogP) is 3.96. The maximum Gasteiger partial charge on any atom is 0.0317 e. The van der Waals surface area contributed by atoms with Gasteiger partial charge in [0.25, 0.3) is 0 Å². The summed E-state index contributed by atoms with van der Waals surface area (Å²) in [6, 6.07) is 13.1. The maximum absolute atomic E-state index is 5.84. The Balaban J connectivity index is 2.12. The third-order valence-corrected chi connectivity index (χ3v) is 3.60. The van der Waals surface area contributed by atoms with Crippen molar-refractivity contribution in [2.75, 3.05) is 5.73 Å². The fourth-order valence-corrected chi connectivity index (χ4v) is 2.61. The molecule has 0 atom stereocenters. The molecule has 86 valence electrons. The van der Waals surface area contributed by atoms with E-state index in [1.165, 1.54) is 27.8 Å². The second-order valence-corrected chi connectivity index (χ2v) is 5.16. The molecular weight excluding hydrogens is 206 g/mol. The highest BCUT2D eigenvalue weighted by Crippen LogP contribution is 2.38. The largest absolute Gasteiger partial charge is 0.399 e. The Hall–Kier alpha value is -1.76. The molecule has 0 amide bonds. The average molecular weight is 223 g/mol. The van der Waals surface area contributed by atoms with E-state index in [-0.39, 0.29) is 0 Å².